The number of carbonyl (C=O) groups excluding carboxylic acids is 1. The van der Waals surface area contributed by atoms with Crippen molar-refractivity contribution in [1.82, 2.24) is 0 Å². The fourth-order valence-electron chi connectivity index (χ4n) is 1.25. The number of nitriles is 1. The number of ether oxygens (including phenoxy) is 2. The van der Waals surface area contributed by atoms with Gasteiger partial charge >= 0.3 is 12.3 Å². The zero-order valence-electron chi connectivity index (χ0n) is 9.55. The molecular formula is C11H7F3INO3. The first-order chi connectivity index (χ1) is 8.80. The second kappa shape index (κ2) is 6.10. The Morgan fingerprint density at radius 3 is 2.58 bits per heavy atom. The zero-order valence-corrected chi connectivity index (χ0v) is 11.7. The molecule has 1 rings (SSSR count). The first-order valence-corrected chi connectivity index (χ1v) is 6.03. The molecular weight excluding hydrogens is 378 g/mol. The SMILES string of the molecule is CCOC(=O)c1ccc(I)c(C#N)c1OC(F)(F)F. The minimum atomic E-state index is -5.00. The standard InChI is InChI=1S/C11H7F3INO3/c1-2-18-10(17)6-3-4-8(15)7(5-16)9(6)19-11(12,13)14/h3-4H,2H2,1H3. The van der Waals surface area contributed by atoms with Crippen LogP contribution in [0.25, 0.3) is 0 Å². The third-order valence-electron chi connectivity index (χ3n) is 1.93. The smallest absolute Gasteiger partial charge is 0.462 e. The molecule has 0 atom stereocenters. The molecule has 0 saturated carbocycles. The molecule has 0 aliphatic heterocycles. The van der Waals surface area contributed by atoms with Crippen LogP contribution in [0.1, 0.15) is 22.8 Å². The van der Waals surface area contributed by atoms with Gasteiger partial charge in [-0.15, -0.1) is 13.2 Å². The fraction of sp³-hybridized carbons (Fsp3) is 0.273. The van der Waals surface area contributed by atoms with Crippen molar-refractivity contribution in [1.29, 1.82) is 5.26 Å². The maximum atomic E-state index is 12.3. The summed E-state index contributed by atoms with van der Waals surface area (Å²) in [5.74, 6) is -1.81. The molecule has 0 aliphatic carbocycles. The van der Waals surface area contributed by atoms with Gasteiger partial charge < -0.3 is 9.47 Å². The fourth-order valence-corrected chi connectivity index (χ4v) is 1.80. The first kappa shape index (κ1) is 15.6. The number of esters is 1. The molecule has 0 N–H and O–H groups in total. The van der Waals surface area contributed by atoms with Crippen molar-refractivity contribution in [2.75, 3.05) is 6.61 Å². The van der Waals surface area contributed by atoms with E-state index in [1.165, 1.54) is 13.0 Å². The summed E-state index contributed by atoms with van der Waals surface area (Å²) < 4.78 is 45.6. The van der Waals surface area contributed by atoms with E-state index in [9.17, 15) is 18.0 Å². The minimum absolute atomic E-state index is 0.00182. The highest BCUT2D eigenvalue weighted by atomic mass is 127. The molecule has 0 aromatic heterocycles. The van der Waals surface area contributed by atoms with Gasteiger partial charge in [0.05, 0.1) is 6.61 Å². The zero-order chi connectivity index (χ0) is 14.6. The molecule has 0 heterocycles. The second-order valence-electron chi connectivity index (χ2n) is 3.18. The van der Waals surface area contributed by atoms with Gasteiger partial charge in [-0.25, -0.2) is 4.79 Å². The van der Waals surface area contributed by atoms with Crippen LogP contribution in [-0.2, 0) is 4.74 Å². The van der Waals surface area contributed by atoms with Crippen LogP contribution < -0.4 is 4.74 Å². The number of halogens is 4. The third-order valence-corrected chi connectivity index (χ3v) is 2.83. The van der Waals surface area contributed by atoms with Crippen molar-refractivity contribution in [3.05, 3.63) is 26.8 Å². The minimum Gasteiger partial charge on any atom is -0.462 e. The Morgan fingerprint density at radius 2 is 2.11 bits per heavy atom. The van der Waals surface area contributed by atoms with Crippen LogP contribution in [0.4, 0.5) is 13.2 Å². The molecule has 8 heteroatoms. The summed E-state index contributed by atoms with van der Waals surface area (Å²) in [5, 5.41) is 8.88. The maximum absolute atomic E-state index is 12.3. The van der Waals surface area contributed by atoms with Gasteiger partial charge in [0.15, 0.2) is 5.75 Å². The Morgan fingerprint density at radius 1 is 1.47 bits per heavy atom. The molecule has 0 amide bonds. The number of hydrogen-bond donors (Lipinski definition) is 0. The Kier molecular flexibility index (Phi) is 4.99. The van der Waals surface area contributed by atoms with E-state index in [4.69, 9.17) is 5.26 Å². The largest absolute Gasteiger partial charge is 0.573 e. The number of alkyl halides is 3. The van der Waals surface area contributed by atoms with E-state index in [-0.39, 0.29) is 15.7 Å². The third kappa shape index (κ3) is 3.99. The molecule has 1 aromatic rings. The lowest BCUT2D eigenvalue weighted by Crippen LogP contribution is -2.21. The summed E-state index contributed by atoms with van der Waals surface area (Å²) in [5.41, 5.74) is -0.792. The molecule has 0 fully saturated rings. The van der Waals surface area contributed by atoms with Gasteiger partial charge in [-0.05, 0) is 41.6 Å². The normalized spacial score (nSPS) is 10.7. The Bertz CT molecular complexity index is 537. The van der Waals surface area contributed by atoms with Crippen LogP contribution in [0, 0.1) is 14.9 Å². The van der Waals surface area contributed by atoms with Gasteiger partial charge in [0, 0.05) is 3.57 Å². The highest BCUT2D eigenvalue weighted by molar-refractivity contribution is 14.1. The highest BCUT2D eigenvalue weighted by Crippen LogP contribution is 2.33. The summed E-state index contributed by atoms with van der Waals surface area (Å²) >= 11 is 1.68. The predicted molar refractivity (Wildman–Crippen MR) is 66.5 cm³/mol. The monoisotopic (exact) mass is 385 g/mol. The van der Waals surface area contributed by atoms with Gasteiger partial charge in [-0.1, -0.05) is 0 Å². The van der Waals surface area contributed by atoms with Gasteiger partial charge in [0.25, 0.3) is 0 Å². The Labute approximate surface area is 120 Å². The predicted octanol–water partition coefficient (Wildman–Crippen LogP) is 3.24. The Hall–Kier alpha value is -1.50. The van der Waals surface area contributed by atoms with Crippen molar-refractivity contribution >= 4 is 28.6 Å². The second-order valence-corrected chi connectivity index (χ2v) is 4.34. The average molecular weight is 385 g/mol. The molecule has 0 unspecified atom stereocenters. The molecule has 0 saturated heterocycles. The lowest BCUT2D eigenvalue weighted by molar-refractivity contribution is -0.274. The average Bonchev–Trinajstić information content (AvgIpc) is 2.27. The number of carbonyl (C=O) groups is 1. The van der Waals surface area contributed by atoms with Crippen molar-refractivity contribution in [2.24, 2.45) is 0 Å². The summed E-state index contributed by atoms with van der Waals surface area (Å²) in [6.07, 6.45) is -5.00. The highest BCUT2D eigenvalue weighted by Gasteiger charge is 2.35. The van der Waals surface area contributed by atoms with E-state index in [1.807, 2.05) is 0 Å². The van der Waals surface area contributed by atoms with E-state index in [0.717, 1.165) is 6.07 Å². The van der Waals surface area contributed by atoms with Crippen molar-refractivity contribution in [3.8, 4) is 11.8 Å². The number of hydrogen-bond acceptors (Lipinski definition) is 4. The summed E-state index contributed by atoms with van der Waals surface area (Å²) in [4.78, 5) is 11.5. The van der Waals surface area contributed by atoms with Crippen LogP contribution >= 0.6 is 22.6 Å². The molecule has 0 spiro atoms. The van der Waals surface area contributed by atoms with Gasteiger partial charge in [0.1, 0.15) is 17.2 Å². The van der Waals surface area contributed by atoms with Crippen molar-refractivity contribution in [2.45, 2.75) is 13.3 Å². The summed E-state index contributed by atoms with van der Waals surface area (Å²) in [6.45, 7) is 1.51. The number of rotatable bonds is 3. The number of benzene rings is 1. The molecule has 1 aromatic carbocycles. The van der Waals surface area contributed by atoms with Crippen molar-refractivity contribution in [3.63, 3.8) is 0 Å². The van der Waals surface area contributed by atoms with E-state index >= 15 is 0 Å². The Balaban J connectivity index is 3.39. The van der Waals surface area contributed by atoms with Crippen LogP contribution in [0.2, 0.25) is 0 Å². The molecule has 102 valence electrons. The van der Waals surface area contributed by atoms with Crippen molar-refractivity contribution < 1.29 is 27.4 Å². The maximum Gasteiger partial charge on any atom is 0.573 e. The van der Waals surface area contributed by atoms with Crippen LogP contribution in [0.15, 0.2) is 12.1 Å². The van der Waals surface area contributed by atoms with E-state index in [1.54, 1.807) is 28.7 Å². The topological polar surface area (TPSA) is 59.3 Å². The molecule has 19 heavy (non-hydrogen) atoms. The van der Waals surface area contributed by atoms with E-state index in [0.29, 0.717) is 0 Å². The summed E-state index contributed by atoms with van der Waals surface area (Å²) in [6, 6.07) is 4.05. The van der Waals surface area contributed by atoms with Gasteiger partial charge in [0.2, 0.25) is 0 Å². The van der Waals surface area contributed by atoms with E-state index < -0.39 is 23.6 Å². The number of nitrogens with zero attached hydrogens (tertiary/aromatic N) is 1. The quantitative estimate of drug-likeness (QED) is 0.592. The summed E-state index contributed by atoms with van der Waals surface area (Å²) in [7, 11) is 0. The van der Waals surface area contributed by atoms with Gasteiger partial charge in [-0.3, -0.25) is 0 Å². The van der Waals surface area contributed by atoms with Crippen LogP contribution in [-0.4, -0.2) is 18.9 Å². The molecule has 4 nitrogen and oxygen atoms in total. The van der Waals surface area contributed by atoms with E-state index in [2.05, 4.69) is 9.47 Å². The molecule has 0 aliphatic rings. The molecule has 0 radical (unpaired) electrons. The van der Waals surface area contributed by atoms with Crippen LogP contribution in [0.5, 0.6) is 5.75 Å². The molecule has 0 bridgehead atoms. The lowest BCUT2D eigenvalue weighted by atomic mass is 10.1. The first-order valence-electron chi connectivity index (χ1n) is 4.95. The van der Waals surface area contributed by atoms with Gasteiger partial charge in [-0.2, -0.15) is 5.26 Å². The van der Waals surface area contributed by atoms with Crippen LogP contribution in [0.3, 0.4) is 0 Å². The lowest BCUT2D eigenvalue weighted by Gasteiger charge is -2.14.